The standard InChI is InChI=1S/C16H13F3O/c1-2-15(20,12-6-4-3-5-7-12)13-8-10-14(11-9-13)16(17,18)19/h2-11,20H,1H2. The lowest BCUT2D eigenvalue weighted by molar-refractivity contribution is -0.137. The Labute approximate surface area is 115 Å². The van der Waals surface area contributed by atoms with Gasteiger partial charge in [-0.15, -0.1) is 0 Å². The van der Waals surface area contributed by atoms with Crippen LogP contribution in [0, 0.1) is 0 Å². The third kappa shape index (κ3) is 2.60. The fraction of sp³-hybridized carbons (Fsp3) is 0.125. The average molecular weight is 278 g/mol. The molecule has 0 bridgehead atoms. The Kier molecular flexibility index (Phi) is 3.68. The van der Waals surface area contributed by atoms with Gasteiger partial charge in [-0.2, -0.15) is 13.2 Å². The van der Waals surface area contributed by atoms with Gasteiger partial charge in [0.1, 0.15) is 5.60 Å². The predicted octanol–water partition coefficient (Wildman–Crippen LogP) is 4.13. The Morgan fingerprint density at radius 2 is 1.25 bits per heavy atom. The minimum Gasteiger partial charge on any atom is -0.377 e. The topological polar surface area (TPSA) is 20.2 Å². The highest BCUT2D eigenvalue weighted by atomic mass is 19.4. The van der Waals surface area contributed by atoms with Crippen LogP contribution in [0.4, 0.5) is 13.2 Å². The number of rotatable bonds is 3. The molecular weight excluding hydrogens is 265 g/mol. The summed E-state index contributed by atoms with van der Waals surface area (Å²) in [6.45, 7) is 3.58. The van der Waals surface area contributed by atoms with E-state index in [1.54, 1.807) is 30.3 Å². The number of halogens is 3. The molecule has 4 heteroatoms. The molecule has 0 saturated heterocycles. The van der Waals surface area contributed by atoms with E-state index in [4.69, 9.17) is 0 Å². The quantitative estimate of drug-likeness (QED) is 0.837. The molecule has 1 N–H and O–H groups in total. The zero-order chi connectivity index (χ0) is 14.8. The third-order valence-corrected chi connectivity index (χ3v) is 3.16. The highest BCUT2D eigenvalue weighted by Crippen LogP contribution is 2.34. The van der Waals surface area contributed by atoms with E-state index in [0.29, 0.717) is 11.1 Å². The van der Waals surface area contributed by atoms with Gasteiger partial charge in [-0.3, -0.25) is 0 Å². The molecule has 20 heavy (non-hydrogen) atoms. The van der Waals surface area contributed by atoms with E-state index >= 15 is 0 Å². The minimum atomic E-state index is -4.39. The Morgan fingerprint density at radius 1 is 0.800 bits per heavy atom. The van der Waals surface area contributed by atoms with E-state index < -0.39 is 17.3 Å². The SMILES string of the molecule is C=CC(O)(c1ccccc1)c1ccc(C(F)(F)F)cc1. The second kappa shape index (κ2) is 5.13. The second-order valence-electron chi connectivity index (χ2n) is 4.41. The van der Waals surface area contributed by atoms with Crippen molar-refractivity contribution >= 4 is 0 Å². The Hall–Kier alpha value is -2.07. The predicted molar refractivity (Wildman–Crippen MR) is 71.1 cm³/mol. The molecule has 0 spiro atoms. The molecule has 0 heterocycles. The normalized spacial score (nSPS) is 14.6. The Morgan fingerprint density at radius 3 is 1.70 bits per heavy atom. The van der Waals surface area contributed by atoms with Crippen molar-refractivity contribution in [2.24, 2.45) is 0 Å². The molecule has 0 aliphatic carbocycles. The van der Waals surface area contributed by atoms with Crippen molar-refractivity contribution in [2.45, 2.75) is 11.8 Å². The maximum atomic E-state index is 12.5. The first-order valence-corrected chi connectivity index (χ1v) is 5.97. The molecule has 2 aromatic carbocycles. The monoisotopic (exact) mass is 278 g/mol. The van der Waals surface area contributed by atoms with E-state index in [0.717, 1.165) is 12.1 Å². The van der Waals surface area contributed by atoms with Crippen LogP contribution in [0.15, 0.2) is 67.3 Å². The summed E-state index contributed by atoms with van der Waals surface area (Å²) in [6.07, 6.45) is -3.08. The van der Waals surface area contributed by atoms with Crippen LogP contribution in [0.3, 0.4) is 0 Å². The lowest BCUT2D eigenvalue weighted by Crippen LogP contribution is -2.24. The lowest BCUT2D eigenvalue weighted by atomic mass is 9.86. The third-order valence-electron chi connectivity index (χ3n) is 3.16. The molecule has 104 valence electrons. The molecule has 0 aliphatic rings. The molecule has 1 nitrogen and oxygen atoms in total. The van der Waals surface area contributed by atoms with Gasteiger partial charge >= 0.3 is 6.18 Å². The fourth-order valence-electron chi connectivity index (χ4n) is 2.01. The van der Waals surface area contributed by atoms with Crippen LogP contribution in [0.1, 0.15) is 16.7 Å². The van der Waals surface area contributed by atoms with Crippen LogP contribution in [0.5, 0.6) is 0 Å². The molecule has 1 atom stereocenters. The van der Waals surface area contributed by atoms with Crippen LogP contribution in [0.25, 0.3) is 0 Å². The van der Waals surface area contributed by atoms with E-state index in [9.17, 15) is 18.3 Å². The molecule has 2 aromatic rings. The Balaban J connectivity index is 2.45. The summed E-state index contributed by atoms with van der Waals surface area (Å²) < 4.78 is 37.6. The van der Waals surface area contributed by atoms with Crippen molar-refractivity contribution in [1.29, 1.82) is 0 Å². The molecule has 0 radical (unpaired) electrons. The summed E-state index contributed by atoms with van der Waals surface area (Å²) in [5.74, 6) is 0. The number of hydrogen-bond acceptors (Lipinski definition) is 1. The lowest BCUT2D eigenvalue weighted by Gasteiger charge is -2.25. The number of alkyl halides is 3. The molecule has 0 fully saturated rings. The summed E-state index contributed by atoms with van der Waals surface area (Å²) in [6, 6.07) is 13.1. The van der Waals surface area contributed by atoms with Gasteiger partial charge in [0, 0.05) is 0 Å². The van der Waals surface area contributed by atoms with Gasteiger partial charge in [0.2, 0.25) is 0 Å². The molecule has 1 unspecified atom stereocenters. The summed E-state index contributed by atoms with van der Waals surface area (Å²) in [4.78, 5) is 0. The van der Waals surface area contributed by atoms with Crippen LogP contribution in [-0.4, -0.2) is 5.11 Å². The van der Waals surface area contributed by atoms with Crippen LogP contribution in [0.2, 0.25) is 0 Å². The van der Waals surface area contributed by atoms with Crippen molar-refractivity contribution in [2.75, 3.05) is 0 Å². The molecule has 2 rings (SSSR count). The van der Waals surface area contributed by atoms with Gasteiger partial charge < -0.3 is 5.11 Å². The van der Waals surface area contributed by atoms with Gasteiger partial charge in [0.25, 0.3) is 0 Å². The number of hydrogen-bond donors (Lipinski definition) is 1. The van der Waals surface area contributed by atoms with Crippen molar-refractivity contribution in [3.8, 4) is 0 Å². The minimum absolute atomic E-state index is 0.340. The zero-order valence-corrected chi connectivity index (χ0v) is 10.6. The molecule has 0 saturated carbocycles. The summed E-state index contributed by atoms with van der Waals surface area (Å²) in [5, 5.41) is 10.7. The van der Waals surface area contributed by atoms with Gasteiger partial charge in [0.05, 0.1) is 5.56 Å². The van der Waals surface area contributed by atoms with Crippen LogP contribution < -0.4 is 0 Å². The smallest absolute Gasteiger partial charge is 0.377 e. The van der Waals surface area contributed by atoms with E-state index in [2.05, 4.69) is 6.58 Å². The van der Waals surface area contributed by atoms with E-state index in [1.807, 2.05) is 0 Å². The zero-order valence-electron chi connectivity index (χ0n) is 10.6. The highest BCUT2D eigenvalue weighted by molar-refractivity contribution is 5.41. The van der Waals surface area contributed by atoms with Gasteiger partial charge in [-0.05, 0) is 23.3 Å². The Bertz CT molecular complexity index is 587. The van der Waals surface area contributed by atoms with Gasteiger partial charge in [0.15, 0.2) is 0 Å². The van der Waals surface area contributed by atoms with Gasteiger partial charge in [-0.25, -0.2) is 0 Å². The van der Waals surface area contributed by atoms with Crippen molar-refractivity contribution in [3.05, 3.63) is 83.9 Å². The van der Waals surface area contributed by atoms with E-state index in [1.165, 1.54) is 18.2 Å². The molecule has 0 aliphatic heterocycles. The van der Waals surface area contributed by atoms with Crippen LogP contribution >= 0.6 is 0 Å². The molecule has 0 amide bonds. The number of aliphatic hydroxyl groups is 1. The largest absolute Gasteiger partial charge is 0.416 e. The summed E-state index contributed by atoms with van der Waals surface area (Å²) in [7, 11) is 0. The summed E-state index contributed by atoms with van der Waals surface area (Å²) in [5.41, 5.74) is -1.37. The van der Waals surface area contributed by atoms with E-state index in [-0.39, 0.29) is 0 Å². The first-order chi connectivity index (χ1) is 9.38. The number of benzene rings is 2. The highest BCUT2D eigenvalue weighted by Gasteiger charge is 2.32. The van der Waals surface area contributed by atoms with Crippen LogP contribution in [-0.2, 0) is 11.8 Å². The van der Waals surface area contributed by atoms with Crippen molar-refractivity contribution < 1.29 is 18.3 Å². The maximum absolute atomic E-state index is 12.5. The van der Waals surface area contributed by atoms with Gasteiger partial charge in [-0.1, -0.05) is 55.1 Å². The van der Waals surface area contributed by atoms with Crippen molar-refractivity contribution in [1.82, 2.24) is 0 Å². The maximum Gasteiger partial charge on any atom is 0.416 e. The first-order valence-electron chi connectivity index (χ1n) is 5.97. The molecule has 0 aromatic heterocycles. The first kappa shape index (κ1) is 14.3. The fourth-order valence-corrected chi connectivity index (χ4v) is 2.01. The molecular formula is C16H13F3O. The summed E-state index contributed by atoms with van der Waals surface area (Å²) >= 11 is 0. The van der Waals surface area contributed by atoms with Crippen molar-refractivity contribution in [3.63, 3.8) is 0 Å². The second-order valence-corrected chi connectivity index (χ2v) is 4.41. The average Bonchev–Trinajstić information content (AvgIpc) is 2.46.